The summed E-state index contributed by atoms with van der Waals surface area (Å²) in [6.45, 7) is 6.64. The Morgan fingerprint density at radius 2 is 2.30 bits per heavy atom. The summed E-state index contributed by atoms with van der Waals surface area (Å²) in [5.41, 5.74) is 1.87. The average molecular weight is 318 g/mol. The summed E-state index contributed by atoms with van der Waals surface area (Å²) in [6.07, 6.45) is 0. The van der Waals surface area contributed by atoms with Crippen LogP contribution in [0.4, 0.5) is 10.2 Å². The molecule has 0 saturated heterocycles. The maximum Gasteiger partial charge on any atom is 0.124 e. The Bertz CT molecular complexity index is 685. The van der Waals surface area contributed by atoms with Crippen molar-refractivity contribution in [2.75, 3.05) is 25.5 Å². The molecule has 2 unspecified atom stereocenters. The highest BCUT2D eigenvalue weighted by Crippen LogP contribution is 2.26. The van der Waals surface area contributed by atoms with Gasteiger partial charge in [0.25, 0.3) is 0 Å². The predicted molar refractivity (Wildman–Crippen MR) is 88.3 cm³/mol. The molecule has 5 nitrogen and oxygen atoms in total. The summed E-state index contributed by atoms with van der Waals surface area (Å²) < 4.78 is 20.8. The zero-order valence-corrected chi connectivity index (χ0v) is 13.8. The topological polar surface area (TPSA) is 51.1 Å². The highest BCUT2D eigenvalue weighted by Gasteiger charge is 2.20. The second-order valence-electron chi connectivity index (χ2n) is 6.12. The molecule has 0 spiro atoms. The molecule has 0 fully saturated rings. The molecular weight excluding hydrogens is 295 g/mol. The van der Waals surface area contributed by atoms with Crippen molar-refractivity contribution >= 4 is 5.82 Å². The van der Waals surface area contributed by atoms with Crippen molar-refractivity contribution in [2.24, 2.45) is 5.92 Å². The summed E-state index contributed by atoms with van der Waals surface area (Å²) in [5, 5.41) is 11.4. The quantitative estimate of drug-likeness (QED) is 0.890. The second-order valence-corrected chi connectivity index (χ2v) is 6.12. The number of nitrogens with one attached hydrogen (secondary N) is 2. The van der Waals surface area contributed by atoms with E-state index in [-0.39, 0.29) is 11.9 Å². The van der Waals surface area contributed by atoms with E-state index < -0.39 is 0 Å². The first-order valence-corrected chi connectivity index (χ1v) is 7.92. The van der Waals surface area contributed by atoms with Crippen molar-refractivity contribution in [3.05, 3.63) is 41.3 Å². The fourth-order valence-electron chi connectivity index (χ4n) is 3.02. The van der Waals surface area contributed by atoms with Crippen molar-refractivity contribution in [3.63, 3.8) is 0 Å². The Morgan fingerprint density at radius 3 is 3.09 bits per heavy atom. The van der Waals surface area contributed by atoms with Gasteiger partial charge in [0.15, 0.2) is 0 Å². The van der Waals surface area contributed by atoms with Gasteiger partial charge in [-0.15, -0.1) is 0 Å². The zero-order chi connectivity index (χ0) is 16.4. The molecule has 0 bridgehead atoms. The van der Waals surface area contributed by atoms with Crippen molar-refractivity contribution in [1.29, 1.82) is 0 Å². The lowest BCUT2D eigenvalue weighted by Gasteiger charge is -2.27. The lowest BCUT2D eigenvalue weighted by molar-refractivity contribution is 0.366. The van der Waals surface area contributed by atoms with Crippen LogP contribution in [0.3, 0.4) is 0 Å². The van der Waals surface area contributed by atoms with E-state index in [9.17, 15) is 4.39 Å². The molecule has 6 heteroatoms. The van der Waals surface area contributed by atoms with Gasteiger partial charge in [-0.2, -0.15) is 5.10 Å². The lowest BCUT2D eigenvalue weighted by atomic mass is 10.0. The number of hydrogen-bond acceptors (Lipinski definition) is 4. The van der Waals surface area contributed by atoms with Gasteiger partial charge in [-0.1, -0.05) is 0 Å². The number of rotatable bonds is 5. The molecule has 0 saturated carbocycles. The Morgan fingerprint density at radius 1 is 1.48 bits per heavy atom. The fourth-order valence-corrected chi connectivity index (χ4v) is 3.02. The maximum absolute atomic E-state index is 13.5. The van der Waals surface area contributed by atoms with E-state index >= 15 is 0 Å². The monoisotopic (exact) mass is 318 g/mol. The SMILES string of the molecule is COc1ccc(F)cc1C(C)NCC1CNc2cc(C)nn2C1. The number of hydrogen-bond donors (Lipinski definition) is 2. The van der Waals surface area contributed by atoms with Gasteiger partial charge >= 0.3 is 0 Å². The summed E-state index contributed by atoms with van der Waals surface area (Å²) in [7, 11) is 1.61. The summed E-state index contributed by atoms with van der Waals surface area (Å²) >= 11 is 0. The first-order chi connectivity index (χ1) is 11.1. The van der Waals surface area contributed by atoms with Crippen LogP contribution in [-0.4, -0.2) is 30.0 Å². The maximum atomic E-state index is 13.5. The number of halogens is 1. The lowest BCUT2D eigenvalue weighted by Crippen LogP contribution is -2.36. The van der Waals surface area contributed by atoms with Gasteiger partial charge in [0.05, 0.1) is 12.8 Å². The molecule has 0 radical (unpaired) electrons. The van der Waals surface area contributed by atoms with Crippen LogP contribution in [0.25, 0.3) is 0 Å². The van der Waals surface area contributed by atoms with Gasteiger partial charge in [-0.3, -0.25) is 0 Å². The predicted octanol–water partition coefficient (Wildman–Crippen LogP) is 2.73. The Kier molecular flexibility index (Phi) is 4.52. The minimum atomic E-state index is -0.245. The van der Waals surface area contributed by atoms with Crippen LogP contribution in [0.15, 0.2) is 24.3 Å². The first-order valence-electron chi connectivity index (χ1n) is 7.92. The normalized spacial score (nSPS) is 18.2. The van der Waals surface area contributed by atoms with Crippen molar-refractivity contribution in [2.45, 2.75) is 26.4 Å². The molecule has 2 aromatic rings. The van der Waals surface area contributed by atoms with Gasteiger partial charge in [0.1, 0.15) is 17.4 Å². The van der Waals surface area contributed by atoms with Crippen LogP contribution in [-0.2, 0) is 6.54 Å². The number of aromatic nitrogens is 2. The molecule has 1 aliphatic rings. The number of nitrogens with zero attached hydrogens (tertiary/aromatic N) is 2. The molecule has 2 N–H and O–H groups in total. The van der Waals surface area contributed by atoms with Crippen molar-refractivity contribution in [1.82, 2.24) is 15.1 Å². The van der Waals surface area contributed by atoms with Crippen LogP contribution >= 0.6 is 0 Å². The van der Waals surface area contributed by atoms with Gasteiger partial charge in [-0.05, 0) is 32.0 Å². The molecule has 124 valence electrons. The Balaban J connectivity index is 1.61. The molecule has 1 aromatic heterocycles. The third kappa shape index (κ3) is 3.47. The molecule has 2 heterocycles. The van der Waals surface area contributed by atoms with E-state index in [1.54, 1.807) is 13.2 Å². The van der Waals surface area contributed by atoms with E-state index in [1.165, 1.54) is 12.1 Å². The number of aryl methyl sites for hydroxylation is 1. The molecular formula is C17H23FN4O. The molecule has 2 atom stereocenters. The Hall–Kier alpha value is -2.08. The third-order valence-electron chi connectivity index (χ3n) is 4.28. The van der Waals surface area contributed by atoms with Crippen LogP contribution in [0.5, 0.6) is 5.75 Å². The average Bonchev–Trinajstić information content (AvgIpc) is 2.91. The van der Waals surface area contributed by atoms with Gasteiger partial charge in [-0.25, -0.2) is 9.07 Å². The highest BCUT2D eigenvalue weighted by molar-refractivity contribution is 5.38. The minimum Gasteiger partial charge on any atom is -0.496 e. The van der Waals surface area contributed by atoms with Crippen LogP contribution in [0.2, 0.25) is 0 Å². The van der Waals surface area contributed by atoms with Gasteiger partial charge < -0.3 is 15.4 Å². The molecule has 0 amide bonds. The van der Waals surface area contributed by atoms with E-state index in [2.05, 4.69) is 21.8 Å². The number of methoxy groups -OCH3 is 1. The number of ether oxygens (including phenoxy) is 1. The van der Waals surface area contributed by atoms with E-state index in [0.717, 1.165) is 36.7 Å². The molecule has 1 aliphatic heterocycles. The van der Waals surface area contributed by atoms with Crippen LogP contribution < -0.4 is 15.4 Å². The first kappa shape index (κ1) is 15.8. The van der Waals surface area contributed by atoms with Gasteiger partial charge in [0.2, 0.25) is 0 Å². The highest BCUT2D eigenvalue weighted by atomic mass is 19.1. The standard InChI is InChI=1S/C17H23FN4O/c1-11-6-17-20-9-13(10-22(17)21-11)8-19-12(2)15-7-14(18)4-5-16(15)23-3/h4-7,12-13,19-20H,8-10H2,1-3H3. The van der Waals surface area contributed by atoms with Crippen molar-refractivity contribution < 1.29 is 9.13 Å². The molecule has 1 aromatic carbocycles. The van der Waals surface area contributed by atoms with E-state index in [1.807, 2.05) is 18.5 Å². The van der Waals surface area contributed by atoms with E-state index in [4.69, 9.17) is 4.74 Å². The molecule has 0 aliphatic carbocycles. The smallest absolute Gasteiger partial charge is 0.124 e. The fraction of sp³-hybridized carbons (Fsp3) is 0.471. The van der Waals surface area contributed by atoms with Crippen LogP contribution in [0, 0.1) is 18.7 Å². The Labute approximate surface area is 135 Å². The third-order valence-corrected chi connectivity index (χ3v) is 4.28. The summed E-state index contributed by atoms with van der Waals surface area (Å²) in [6, 6.07) is 6.70. The molecule has 3 rings (SSSR count). The number of anilines is 1. The van der Waals surface area contributed by atoms with E-state index in [0.29, 0.717) is 11.7 Å². The minimum absolute atomic E-state index is 0.0152. The number of benzene rings is 1. The van der Waals surface area contributed by atoms with Crippen molar-refractivity contribution in [3.8, 4) is 5.75 Å². The molecule has 23 heavy (non-hydrogen) atoms. The second kappa shape index (κ2) is 6.58. The zero-order valence-electron chi connectivity index (χ0n) is 13.8. The van der Waals surface area contributed by atoms with Gasteiger partial charge in [0, 0.05) is 43.2 Å². The summed E-state index contributed by atoms with van der Waals surface area (Å²) in [4.78, 5) is 0. The summed E-state index contributed by atoms with van der Waals surface area (Å²) in [5.74, 6) is 1.98. The van der Waals surface area contributed by atoms with Crippen LogP contribution in [0.1, 0.15) is 24.2 Å². The number of fused-ring (bicyclic) bond motifs is 1. The largest absolute Gasteiger partial charge is 0.496 e.